The van der Waals surface area contributed by atoms with Crippen molar-refractivity contribution >= 4 is 29.5 Å². The maximum Gasteiger partial charge on any atom is 0.339 e. The first-order valence-electron chi connectivity index (χ1n) is 4.80. The van der Waals surface area contributed by atoms with Crippen LogP contribution in [0.15, 0.2) is 17.0 Å². The van der Waals surface area contributed by atoms with Gasteiger partial charge in [0.05, 0.1) is 11.7 Å². The number of carboxylic acids is 1. The lowest BCUT2D eigenvalue weighted by molar-refractivity contribution is 0.0693. The first-order valence-corrected chi connectivity index (χ1v) is 6.96. The molecule has 1 unspecified atom stereocenters. The van der Waals surface area contributed by atoms with Crippen LogP contribution >= 0.6 is 23.5 Å². The Kier molecular flexibility index (Phi) is 3.35. The summed E-state index contributed by atoms with van der Waals surface area (Å²) in [4.78, 5) is 12.2. The molecule has 2 rings (SSSR count). The summed E-state index contributed by atoms with van der Waals surface area (Å²) in [5.41, 5.74) is 1.29. The zero-order valence-corrected chi connectivity index (χ0v) is 10.7. The van der Waals surface area contributed by atoms with Crippen LogP contribution in [0.2, 0.25) is 0 Å². The Morgan fingerprint density at radius 1 is 1.62 bits per heavy atom. The van der Waals surface area contributed by atoms with Gasteiger partial charge in [-0.2, -0.15) is 11.8 Å². The van der Waals surface area contributed by atoms with Crippen LogP contribution in [0.25, 0.3) is 0 Å². The molecule has 0 radical (unpaired) electrons. The molecule has 0 aromatic heterocycles. The number of ether oxygens (including phenoxy) is 1. The molecule has 5 heteroatoms. The molecule has 1 aliphatic rings. The van der Waals surface area contributed by atoms with Crippen molar-refractivity contribution in [2.24, 2.45) is 0 Å². The number of hydrogen-bond acceptors (Lipinski definition) is 4. The summed E-state index contributed by atoms with van der Waals surface area (Å²) >= 11 is 3.56. The highest BCUT2D eigenvalue weighted by atomic mass is 32.2. The van der Waals surface area contributed by atoms with Crippen molar-refractivity contribution in [2.75, 3.05) is 13.4 Å². The fraction of sp³-hybridized carbons (Fsp3) is 0.364. The van der Waals surface area contributed by atoms with E-state index in [1.54, 1.807) is 29.6 Å². The van der Waals surface area contributed by atoms with Crippen molar-refractivity contribution in [1.82, 2.24) is 0 Å². The Morgan fingerprint density at radius 2 is 2.38 bits per heavy atom. The lowest BCUT2D eigenvalue weighted by atomic mass is 10.1. The maximum absolute atomic E-state index is 11.0. The molecule has 3 nitrogen and oxygen atoms in total. The van der Waals surface area contributed by atoms with E-state index in [0.29, 0.717) is 10.3 Å². The number of thioether (sulfide) groups is 2. The minimum atomic E-state index is -0.933. The van der Waals surface area contributed by atoms with E-state index in [1.165, 1.54) is 7.11 Å². The molecule has 0 amide bonds. The average molecular weight is 256 g/mol. The standard InChI is InChI=1S/C11H12O3S2/c1-14-10-6(11(12)13)3-4-8-7(10)5-9(15-2)16-8/h3-4,9H,5H2,1-2H3,(H,12,13). The van der Waals surface area contributed by atoms with E-state index in [9.17, 15) is 4.79 Å². The zero-order valence-electron chi connectivity index (χ0n) is 9.02. The van der Waals surface area contributed by atoms with Gasteiger partial charge >= 0.3 is 5.97 Å². The maximum atomic E-state index is 11.0. The summed E-state index contributed by atoms with van der Waals surface area (Å²) in [5, 5.41) is 9.06. The molecule has 1 aromatic rings. The number of hydrogen-bond donors (Lipinski definition) is 1. The Morgan fingerprint density at radius 3 is 2.94 bits per heavy atom. The number of fused-ring (bicyclic) bond motifs is 1. The van der Waals surface area contributed by atoms with Crippen molar-refractivity contribution in [1.29, 1.82) is 0 Å². The van der Waals surface area contributed by atoms with E-state index >= 15 is 0 Å². The van der Waals surface area contributed by atoms with Gasteiger partial charge in [-0.05, 0) is 24.8 Å². The molecular weight excluding hydrogens is 244 g/mol. The van der Waals surface area contributed by atoms with E-state index < -0.39 is 5.97 Å². The number of benzene rings is 1. The number of carboxylic acid groups (broad SMARTS) is 1. The summed E-state index contributed by atoms with van der Waals surface area (Å²) in [7, 11) is 1.53. The largest absolute Gasteiger partial charge is 0.496 e. The second-order valence-corrected chi connectivity index (χ2v) is 6.00. The highest BCUT2D eigenvalue weighted by Crippen LogP contribution is 2.46. The van der Waals surface area contributed by atoms with Crippen LogP contribution in [0.1, 0.15) is 15.9 Å². The molecule has 1 aromatic carbocycles. The molecule has 0 fully saturated rings. The SMILES string of the molecule is COc1c(C(=O)O)ccc2c1CC(SC)S2. The summed E-state index contributed by atoms with van der Waals surface area (Å²) in [6, 6.07) is 3.50. The summed E-state index contributed by atoms with van der Waals surface area (Å²) in [6.45, 7) is 0. The third-order valence-electron chi connectivity index (χ3n) is 2.54. The quantitative estimate of drug-likeness (QED) is 0.901. The molecule has 86 valence electrons. The molecule has 1 N–H and O–H groups in total. The molecule has 0 saturated carbocycles. The van der Waals surface area contributed by atoms with Crippen LogP contribution in [0, 0.1) is 0 Å². The summed E-state index contributed by atoms with van der Waals surface area (Å²) in [5.74, 6) is -0.411. The van der Waals surface area contributed by atoms with E-state index in [0.717, 1.165) is 16.9 Å². The van der Waals surface area contributed by atoms with Gasteiger partial charge in [0, 0.05) is 10.5 Å². The number of carbonyl (C=O) groups is 1. The Hall–Kier alpha value is -0.810. The lowest BCUT2D eigenvalue weighted by Gasteiger charge is -2.09. The highest BCUT2D eigenvalue weighted by Gasteiger charge is 2.27. The van der Waals surface area contributed by atoms with Gasteiger partial charge < -0.3 is 9.84 Å². The van der Waals surface area contributed by atoms with Crippen LogP contribution in [-0.4, -0.2) is 29.0 Å². The molecule has 1 heterocycles. The fourth-order valence-electron chi connectivity index (χ4n) is 1.80. The molecule has 0 aliphatic carbocycles. The number of methoxy groups -OCH3 is 1. The van der Waals surface area contributed by atoms with Gasteiger partial charge in [0.2, 0.25) is 0 Å². The van der Waals surface area contributed by atoms with Gasteiger partial charge in [-0.3, -0.25) is 0 Å². The fourth-order valence-corrected chi connectivity index (χ4v) is 3.82. The van der Waals surface area contributed by atoms with Gasteiger partial charge in [-0.1, -0.05) is 0 Å². The Labute approximate surface area is 103 Å². The molecule has 0 bridgehead atoms. The predicted molar refractivity (Wildman–Crippen MR) is 66.8 cm³/mol. The minimum absolute atomic E-state index is 0.253. The lowest BCUT2D eigenvalue weighted by Crippen LogP contribution is -2.03. The molecule has 0 saturated heterocycles. The first-order chi connectivity index (χ1) is 7.67. The Bertz CT molecular complexity index is 431. The van der Waals surface area contributed by atoms with Crippen LogP contribution in [-0.2, 0) is 6.42 Å². The van der Waals surface area contributed by atoms with Crippen molar-refractivity contribution in [3.8, 4) is 5.75 Å². The topological polar surface area (TPSA) is 46.5 Å². The van der Waals surface area contributed by atoms with Gasteiger partial charge in [-0.25, -0.2) is 4.79 Å². The number of aromatic carboxylic acids is 1. The second kappa shape index (κ2) is 4.59. The van der Waals surface area contributed by atoms with E-state index in [4.69, 9.17) is 9.84 Å². The van der Waals surface area contributed by atoms with Crippen LogP contribution in [0.3, 0.4) is 0 Å². The van der Waals surface area contributed by atoms with Gasteiger partial charge in [0.1, 0.15) is 11.3 Å². The zero-order chi connectivity index (χ0) is 11.7. The van der Waals surface area contributed by atoms with E-state index in [-0.39, 0.29) is 5.56 Å². The van der Waals surface area contributed by atoms with Crippen molar-refractivity contribution < 1.29 is 14.6 Å². The van der Waals surface area contributed by atoms with Gasteiger partial charge in [-0.15, -0.1) is 11.8 Å². The predicted octanol–water partition coefficient (Wildman–Crippen LogP) is 2.73. The van der Waals surface area contributed by atoms with E-state index in [2.05, 4.69) is 6.26 Å². The van der Waals surface area contributed by atoms with Crippen LogP contribution in [0.5, 0.6) is 5.75 Å². The summed E-state index contributed by atoms with van der Waals surface area (Å²) in [6.07, 6.45) is 2.93. The third-order valence-corrected chi connectivity index (χ3v) is 5.17. The van der Waals surface area contributed by atoms with Gasteiger partial charge in [0.15, 0.2) is 0 Å². The average Bonchev–Trinajstić information content (AvgIpc) is 2.69. The van der Waals surface area contributed by atoms with Crippen LogP contribution in [0.4, 0.5) is 0 Å². The monoisotopic (exact) mass is 256 g/mol. The smallest absolute Gasteiger partial charge is 0.339 e. The minimum Gasteiger partial charge on any atom is -0.496 e. The first kappa shape index (κ1) is 11.7. The third kappa shape index (κ3) is 1.89. The van der Waals surface area contributed by atoms with Crippen LogP contribution < -0.4 is 4.74 Å². The second-order valence-electron chi connectivity index (χ2n) is 3.42. The van der Waals surface area contributed by atoms with Crippen molar-refractivity contribution in [3.63, 3.8) is 0 Å². The molecule has 1 aliphatic heterocycles. The Balaban J connectivity index is 2.47. The molecule has 16 heavy (non-hydrogen) atoms. The summed E-state index contributed by atoms with van der Waals surface area (Å²) < 4.78 is 5.70. The number of rotatable bonds is 3. The van der Waals surface area contributed by atoms with Crippen molar-refractivity contribution in [2.45, 2.75) is 15.9 Å². The molecular formula is C11H12O3S2. The van der Waals surface area contributed by atoms with Gasteiger partial charge in [0.25, 0.3) is 0 Å². The van der Waals surface area contributed by atoms with Crippen molar-refractivity contribution in [3.05, 3.63) is 23.3 Å². The highest BCUT2D eigenvalue weighted by molar-refractivity contribution is 8.17. The molecule has 1 atom stereocenters. The normalized spacial score (nSPS) is 18.2. The molecule has 0 spiro atoms. The van der Waals surface area contributed by atoms with E-state index in [1.807, 2.05) is 6.07 Å².